The van der Waals surface area contributed by atoms with Crippen molar-refractivity contribution in [3.8, 4) is 0 Å². The highest BCUT2D eigenvalue weighted by molar-refractivity contribution is 5.94. The smallest absolute Gasteiger partial charge is 0.254 e. The highest BCUT2D eigenvalue weighted by Gasteiger charge is 2.18. The molecule has 0 aromatic carbocycles. The number of nitrogens with one attached hydrogen (secondary N) is 1. The molecule has 1 fully saturated rings. The van der Waals surface area contributed by atoms with Gasteiger partial charge < -0.3 is 10.2 Å². The molecule has 1 aliphatic rings. The number of hydrogen-bond acceptors (Lipinski definition) is 4. The lowest BCUT2D eigenvalue weighted by Gasteiger charge is -2.26. The summed E-state index contributed by atoms with van der Waals surface area (Å²) in [6.07, 6.45) is 10.1. The SMILES string of the molecule is CCCn1cc(CNc2cc(C(=O)N3CCCCC3)ccn2)cn1. The van der Waals surface area contributed by atoms with Gasteiger partial charge in [-0.1, -0.05) is 6.92 Å². The molecule has 6 heteroatoms. The van der Waals surface area contributed by atoms with E-state index in [1.54, 1.807) is 12.3 Å². The second kappa shape index (κ2) is 7.95. The van der Waals surface area contributed by atoms with Crippen LogP contribution in [0.1, 0.15) is 48.5 Å². The molecule has 2 aromatic rings. The van der Waals surface area contributed by atoms with E-state index in [0.29, 0.717) is 12.1 Å². The predicted octanol–water partition coefficient (Wildman–Crippen LogP) is 2.93. The lowest BCUT2D eigenvalue weighted by atomic mass is 10.1. The Hall–Kier alpha value is -2.37. The summed E-state index contributed by atoms with van der Waals surface area (Å²) in [6, 6.07) is 3.63. The van der Waals surface area contributed by atoms with Gasteiger partial charge in [0.15, 0.2) is 0 Å². The number of nitrogens with zero attached hydrogens (tertiary/aromatic N) is 4. The van der Waals surface area contributed by atoms with Crippen LogP contribution in [0.5, 0.6) is 0 Å². The fourth-order valence-corrected chi connectivity index (χ4v) is 2.98. The van der Waals surface area contributed by atoms with E-state index in [1.807, 2.05) is 28.0 Å². The average molecular weight is 327 g/mol. The molecule has 0 saturated carbocycles. The van der Waals surface area contributed by atoms with Crippen LogP contribution in [-0.2, 0) is 13.1 Å². The topological polar surface area (TPSA) is 63.1 Å². The van der Waals surface area contributed by atoms with Gasteiger partial charge in [-0.2, -0.15) is 5.10 Å². The van der Waals surface area contributed by atoms with Crippen LogP contribution in [-0.4, -0.2) is 38.7 Å². The third kappa shape index (κ3) is 4.13. The second-order valence-electron chi connectivity index (χ2n) is 6.25. The molecule has 0 aliphatic carbocycles. The first-order valence-corrected chi connectivity index (χ1v) is 8.77. The molecule has 128 valence electrons. The van der Waals surface area contributed by atoms with Crippen molar-refractivity contribution in [1.82, 2.24) is 19.7 Å². The van der Waals surface area contributed by atoms with E-state index in [1.165, 1.54) is 6.42 Å². The Bertz CT molecular complexity index is 676. The fraction of sp³-hybridized carbons (Fsp3) is 0.500. The van der Waals surface area contributed by atoms with E-state index in [2.05, 4.69) is 22.3 Å². The van der Waals surface area contributed by atoms with Gasteiger partial charge in [0.2, 0.25) is 0 Å². The number of carbonyl (C=O) groups excluding carboxylic acids is 1. The fourth-order valence-electron chi connectivity index (χ4n) is 2.98. The second-order valence-corrected chi connectivity index (χ2v) is 6.25. The standard InChI is InChI=1S/C18H25N5O/c1-2-8-23-14-15(13-21-23)12-20-17-11-16(6-7-19-17)18(24)22-9-4-3-5-10-22/h6-7,11,13-14H,2-5,8-10,12H2,1H3,(H,19,20). The van der Waals surface area contributed by atoms with E-state index in [-0.39, 0.29) is 5.91 Å². The van der Waals surface area contributed by atoms with E-state index >= 15 is 0 Å². The van der Waals surface area contributed by atoms with Crippen molar-refractivity contribution >= 4 is 11.7 Å². The Morgan fingerprint density at radius 2 is 2.12 bits per heavy atom. The molecule has 24 heavy (non-hydrogen) atoms. The summed E-state index contributed by atoms with van der Waals surface area (Å²) in [5.41, 5.74) is 1.81. The molecule has 0 atom stereocenters. The van der Waals surface area contributed by atoms with Gasteiger partial charge >= 0.3 is 0 Å². The molecule has 0 bridgehead atoms. The van der Waals surface area contributed by atoms with Crippen molar-refractivity contribution in [3.63, 3.8) is 0 Å². The molecule has 6 nitrogen and oxygen atoms in total. The van der Waals surface area contributed by atoms with Crippen molar-refractivity contribution in [2.24, 2.45) is 0 Å². The summed E-state index contributed by atoms with van der Waals surface area (Å²) in [4.78, 5) is 18.8. The number of aromatic nitrogens is 3. The first kappa shape index (κ1) is 16.5. The van der Waals surface area contributed by atoms with Crippen LogP contribution < -0.4 is 5.32 Å². The van der Waals surface area contributed by atoms with Crippen molar-refractivity contribution in [2.75, 3.05) is 18.4 Å². The third-order valence-electron chi connectivity index (χ3n) is 4.26. The highest BCUT2D eigenvalue weighted by Crippen LogP contribution is 2.15. The molecule has 0 radical (unpaired) electrons. The lowest BCUT2D eigenvalue weighted by molar-refractivity contribution is 0.0724. The third-order valence-corrected chi connectivity index (χ3v) is 4.26. The van der Waals surface area contributed by atoms with E-state index in [0.717, 1.165) is 50.3 Å². The monoisotopic (exact) mass is 327 g/mol. The van der Waals surface area contributed by atoms with Gasteiger partial charge in [-0.25, -0.2) is 4.98 Å². The van der Waals surface area contributed by atoms with Crippen molar-refractivity contribution < 1.29 is 4.79 Å². The number of piperidine rings is 1. The molecule has 3 heterocycles. The number of likely N-dealkylation sites (tertiary alicyclic amines) is 1. The first-order valence-electron chi connectivity index (χ1n) is 8.77. The molecule has 1 saturated heterocycles. The molecule has 0 spiro atoms. The first-order chi connectivity index (χ1) is 11.8. The quantitative estimate of drug-likeness (QED) is 0.886. The Morgan fingerprint density at radius 3 is 2.92 bits per heavy atom. The Balaban J connectivity index is 1.60. The number of hydrogen-bond donors (Lipinski definition) is 1. The number of rotatable bonds is 6. The summed E-state index contributed by atoms with van der Waals surface area (Å²) >= 11 is 0. The maximum absolute atomic E-state index is 12.6. The lowest BCUT2D eigenvalue weighted by Crippen LogP contribution is -2.35. The van der Waals surface area contributed by atoms with Crippen LogP contribution in [0.3, 0.4) is 0 Å². The van der Waals surface area contributed by atoms with Gasteiger partial charge in [0.25, 0.3) is 5.91 Å². The summed E-state index contributed by atoms with van der Waals surface area (Å²) < 4.78 is 1.95. The zero-order chi connectivity index (χ0) is 16.8. The maximum atomic E-state index is 12.6. The van der Waals surface area contributed by atoms with Crippen molar-refractivity contribution in [1.29, 1.82) is 0 Å². The highest BCUT2D eigenvalue weighted by atomic mass is 16.2. The van der Waals surface area contributed by atoms with E-state index < -0.39 is 0 Å². The number of pyridine rings is 1. The van der Waals surface area contributed by atoms with Crippen LogP contribution in [0.25, 0.3) is 0 Å². The van der Waals surface area contributed by atoms with Crippen molar-refractivity contribution in [2.45, 2.75) is 45.7 Å². The molecular weight excluding hydrogens is 302 g/mol. The summed E-state index contributed by atoms with van der Waals surface area (Å²) in [5.74, 6) is 0.831. The Morgan fingerprint density at radius 1 is 1.29 bits per heavy atom. The normalized spacial score (nSPS) is 14.6. The summed E-state index contributed by atoms with van der Waals surface area (Å²) in [5, 5.41) is 7.60. The molecule has 1 aliphatic heterocycles. The van der Waals surface area contributed by atoms with Gasteiger partial charge in [-0.15, -0.1) is 0 Å². The van der Waals surface area contributed by atoms with Gasteiger partial charge in [-0.05, 0) is 37.8 Å². The van der Waals surface area contributed by atoms with Crippen molar-refractivity contribution in [3.05, 3.63) is 41.9 Å². The number of aryl methyl sites for hydroxylation is 1. The molecule has 3 rings (SSSR count). The zero-order valence-electron chi connectivity index (χ0n) is 14.2. The van der Waals surface area contributed by atoms with Crippen LogP contribution in [0.2, 0.25) is 0 Å². The Kier molecular flexibility index (Phi) is 5.46. The average Bonchev–Trinajstić information content (AvgIpc) is 3.08. The largest absolute Gasteiger partial charge is 0.366 e. The van der Waals surface area contributed by atoms with Gasteiger partial charge in [0.05, 0.1) is 6.20 Å². The van der Waals surface area contributed by atoms with Gasteiger partial charge in [-0.3, -0.25) is 9.48 Å². The Labute approximate surface area is 142 Å². The number of amides is 1. The maximum Gasteiger partial charge on any atom is 0.254 e. The van der Waals surface area contributed by atoms with Gasteiger partial charge in [0, 0.05) is 49.7 Å². The van der Waals surface area contributed by atoms with Gasteiger partial charge in [0.1, 0.15) is 5.82 Å². The predicted molar refractivity (Wildman–Crippen MR) is 93.8 cm³/mol. The summed E-state index contributed by atoms with van der Waals surface area (Å²) in [7, 11) is 0. The number of anilines is 1. The minimum Gasteiger partial charge on any atom is -0.366 e. The summed E-state index contributed by atoms with van der Waals surface area (Å²) in [6.45, 7) is 5.44. The minimum absolute atomic E-state index is 0.107. The molecule has 0 unspecified atom stereocenters. The van der Waals surface area contributed by atoms with Crippen LogP contribution in [0.4, 0.5) is 5.82 Å². The minimum atomic E-state index is 0.107. The van der Waals surface area contributed by atoms with Crippen LogP contribution in [0, 0.1) is 0 Å². The number of carbonyl (C=O) groups is 1. The zero-order valence-corrected chi connectivity index (χ0v) is 14.2. The van der Waals surface area contributed by atoms with Crippen LogP contribution >= 0.6 is 0 Å². The molecule has 2 aromatic heterocycles. The molecular formula is C18H25N5O. The van der Waals surface area contributed by atoms with E-state index in [4.69, 9.17) is 0 Å². The molecule has 1 N–H and O–H groups in total. The van der Waals surface area contributed by atoms with Crippen LogP contribution in [0.15, 0.2) is 30.7 Å². The molecule has 1 amide bonds. The van der Waals surface area contributed by atoms with E-state index in [9.17, 15) is 4.79 Å².